The molecule has 6 nitrogen and oxygen atoms in total. The van der Waals surface area contributed by atoms with Crippen LogP contribution < -0.4 is 0 Å². The minimum Gasteiger partial charge on any atom is -0.365 e. The number of amides is 1. The van der Waals surface area contributed by atoms with E-state index in [2.05, 4.69) is 22.1 Å². The monoisotopic (exact) mass is 326 g/mol. The number of carbonyl (C=O) groups excluding carboxylic acids is 1. The Bertz CT molecular complexity index is 715. The smallest absolute Gasteiger partial charge is 0.249 e. The molecule has 3 heterocycles. The van der Waals surface area contributed by atoms with Gasteiger partial charge in [-0.15, -0.1) is 0 Å². The normalized spacial score (nSPS) is 24.4. The predicted molar refractivity (Wildman–Crippen MR) is 89.0 cm³/mol. The molecule has 2 atom stereocenters. The molecule has 2 fully saturated rings. The van der Waals surface area contributed by atoms with Crippen LogP contribution in [-0.2, 0) is 29.7 Å². The maximum atomic E-state index is 12.4. The van der Waals surface area contributed by atoms with Crippen LogP contribution in [0.3, 0.4) is 0 Å². The molecule has 0 radical (unpaired) electrons. The highest BCUT2D eigenvalue weighted by Crippen LogP contribution is 2.26. The number of aryl methyl sites for hydroxylation is 1. The second-order valence-electron chi connectivity index (χ2n) is 6.60. The van der Waals surface area contributed by atoms with Gasteiger partial charge in [-0.1, -0.05) is 30.3 Å². The Morgan fingerprint density at radius 3 is 2.75 bits per heavy atom. The van der Waals surface area contributed by atoms with Gasteiger partial charge in [-0.05, 0) is 11.6 Å². The summed E-state index contributed by atoms with van der Waals surface area (Å²) in [5.74, 6) is 0.0831. The van der Waals surface area contributed by atoms with Gasteiger partial charge in [-0.3, -0.25) is 14.4 Å². The molecule has 1 aromatic heterocycles. The van der Waals surface area contributed by atoms with Crippen molar-refractivity contribution in [1.29, 1.82) is 0 Å². The Morgan fingerprint density at radius 1 is 1.17 bits per heavy atom. The van der Waals surface area contributed by atoms with E-state index in [4.69, 9.17) is 4.74 Å². The van der Waals surface area contributed by atoms with Gasteiger partial charge in [0.1, 0.15) is 6.61 Å². The fourth-order valence-electron chi connectivity index (χ4n) is 3.63. The summed E-state index contributed by atoms with van der Waals surface area (Å²) in [6.45, 7) is 3.32. The lowest BCUT2D eigenvalue weighted by Crippen LogP contribution is -2.53. The summed E-state index contributed by atoms with van der Waals surface area (Å²) in [6, 6.07) is 12.3. The van der Waals surface area contributed by atoms with Crippen molar-refractivity contribution in [3.63, 3.8) is 0 Å². The largest absolute Gasteiger partial charge is 0.365 e. The van der Waals surface area contributed by atoms with Crippen LogP contribution in [0.25, 0.3) is 0 Å². The van der Waals surface area contributed by atoms with Gasteiger partial charge in [0.25, 0.3) is 0 Å². The van der Waals surface area contributed by atoms with Crippen molar-refractivity contribution in [2.75, 3.05) is 19.7 Å². The van der Waals surface area contributed by atoms with Crippen LogP contribution in [0.5, 0.6) is 0 Å². The molecule has 2 aliphatic heterocycles. The molecule has 0 spiro atoms. The highest BCUT2D eigenvalue weighted by atomic mass is 16.5. The summed E-state index contributed by atoms with van der Waals surface area (Å²) in [6.07, 6.45) is 2.05. The van der Waals surface area contributed by atoms with Crippen LogP contribution in [0, 0.1) is 0 Å². The van der Waals surface area contributed by atoms with Gasteiger partial charge in [0.15, 0.2) is 0 Å². The molecule has 1 amide bonds. The lowest BCUT2D eigenvalue weighted by molar-refractivity contribution is -0.153. The zero-order valence-electron chi connectivity index (χ0n) is 13.8. The third-order valence-corrected chi connectivity index (χ3v) is 4.80. The van der Waals surface area contributed by atoms with E-state index in [-0.39, 0.29) is 24.7 Å². The molecule has 0 unspecified atom stereocenters. The average Bonchev–Trinajstić information content (AvgIpc) is 3.17. The topological polar surface area (TPSA) is 50.6 Å². The van der Waals surface area contributed by atoms with E-state index >= 15 is 0 Å². The summed E-state index contributed by atoms with van der Waals surface area (Å²) in [5, 5.41) is 4.45. The lowest BCUT2D eigenvalue weighted by atomic mass is 10.1. The quantitative estimate of drug-likeness (QED) is 0.842. The summed E-state index contributed by atoms with van der Waals surface area (Å²) < 4.78 is 7.62. The molecule has 6 heteroatoms. The fraction of sp³-hybridized carbons (Fsp3) is 0.444. The molecule has 0 saturated carbocycles. The second-order valence-corrected chi connectivity index (χ2v) is 6.60. The van der Waals surface area contributed by atoms with Crippen molar-refractivity contribution in [3.8, 4) is 0 Å². The Labute approximate surface area is 141 Å². The van der Waals surface area contributed by atoms with E-state index in [0.717, 1.165) is 30.9 Å². The Hall–Kier alpha value is -2.18. The molecule has 2 aliphatic rings. The van der Waals surface area contributed by atoms with E-state index in [1.807, 2.05) is 47.1 Å². The maximum absolute atomic E-state index is 12.4. The lowest BCUT2D eigenvalue weighted by Gasteiger charge is -2.36. The van der Waals surface area contributed by atoms with Crippen LogP contribution in [0.4, 0.5) is 0 Å². The van der Waals surface area contributed by atoms with Crippen molar-refractivity contribution in [2.45, 2.75) is 25.2 Å². The Balaban J connectivity index is 1.46. The van der Waals surface area contributed by atoms with E-state index < -0.39 is 0 Å². The number of likely N-dealkylation sites (tertiary alicyclic amines) is 1. The third-order valence-electron chi connectivity index (χ3n) is 4.80. The van der Waals surface area contributed by atoms with Crippen molar-refractivity contribution < 1.29 is 9.53 Å². The summed E-state index contributed by atoms with van der Waals surface area (Å²) in [7, 11) is 1.93. The maximum Gasteiger partial charge on any atom is 0.249 e. The van der Waals surface area contributed by atoms with E-state index in [1.54, 1.807) is 0 Å². The first-order valence-corrected chi connectivity index (χ1v) is 8.35. The molecule has 24 heavy (non-hydrogen) atoms. The first-order chi connectivity index (χ1) is 11.7. The third kappa shape index (κ3) is 3.07. The highest BCUT2D eigenvalue weighted by molar-refractivity contribution is 5.78. The summed E-state index contributed by atoms with van der Waals surface area (Å²) >= 11 is 0. The van der Waals surface area contributed by atoms with Crippen LogP contribution >= 0.6 is 0 Å². The van der Waals surface area contributed by atoms with Crippen molar-refractivity contribution >= 4 is 5.91 Å². The first kappa shape index (κ1) is 15.4. The number of fused-ring (bicyclic) bond motifs is 1. The van der Waals surface area contributed by atoms with Gasteiger partial charge >= 0.3 is 0 Å². The number of morpholine rings is 1. The SMILES string of the molecule is Cn1ccc(CN2C[C@@H]3[C@@H](C2)OCC(=O)N3Cc2ccccc2)n1. The van der Waals surface area contributed by atoms with Gasteiger partial charge in [0.2, 0.25) is 5.91 Å². The van der Waals surface area contributed by atoms with E-state index in [0.29, 0.717) is 6.54 Å². The summed E-state index contributed by atoms with van der Waals surface area (Å²) in [5.41, 5.74) is 2.21. The second kappa shape index (κ2) is 6.37. The van der Waals surface area contributed by atoms with E-state index in [9.17, 15) is 4.79 Å². The van der Waals surface area contributed by atoms with E-state index in [1.165, 1.54) is 0 Å². The minimum absolute atomic E-state index is 0.0831. The number of carbonyl (C=O) groups is 1. The number of aromatic nitrogens is 2. The molecular weight excluding hydrogens is 304 g/mol. The van der Waals surface area contributed by atoms with Gasteiger partial charge < -0.3 is 9.64 Å². The van der Waals surface area contributed by atoms with Crippen molar-refractivity contribution in [2.24, 2.45) is 7.05 Å². The molecule has 1 aromatic carbocycles. The molecule has 0 aliphatic carbocycles. The van der Waals surface area contributed by atoms with Crippen LogP contribution in [0.1, 0.15) is 11.3 Å². The molecule has 0 N–H and O–H groups in total. The first-order valence-electron chi connectivity index (χ1n) is 8.35. The molecule has 4 rings (SSSR count). The van der Waals surface area contributed by atoms with Crippen LogP contribution in [-0.4, -0.2) is 57.3 Å². The zero-order valence-corrected chi connectivity index (χ0v) is 13.8. The highest BCUT2D eigenvalue weighted by Gasteiger charge is 2.43. The molecule has 2 aromatic rings. The number of hydrogen-bond acceptors (Lipinski definition) is 4. The number of nitrogens with zero attached hydrogens (tertiary/aromatic N) is 4. The minimum atomic E-state index is 0.0831. The average molecular weight is 326 g/mol. The standard InChI is InChI=1S/C18H22N4O2/c1-20-8-7-15(19-20)10-21-11-16-17(12-21)24-13-18(23)22(16)9-14-5-3-2-4-6-14/h2-8,16-17H,9-13H2,1H3/t16-,17-/m1/s1. The Kier molecular flexibility index (Phi) is 4.08. The number of hydrogen-bond donors (Lipinski definition) is 0. The van der Waals surface area contributed by atoms with Gasteiger partial charge in [-0.25, -0.2) is 0 Å². The Morgan fingerprint density at radius 2 is 2.00 bits per heavy atom. The van der Waals surface area contributed by atoms with Gasteiger partial charge in [0.05, 0.1) is 17.8 Å². The van der Waals surface area contributed by atoms with Gasteiger partial charge in [0, 0.05) is 39.4 Å². The van der Waals surface area contributed by atoms with Crippen molar-refractivity contribution in [3.05, 3.63) is 53.9 Å². The number of ether oxygens (including phenoxy) is 1. The zero-order chi connectivity index (χ0) is 16.5. The number of benzene rings is 1. The van der Waals surface area contributed by atoms with Crippen LogP contribution in [0.15, 0.2) is 42.6 Å². The molecule has 126 valence electrons. The number of rotatable bonds is 4. The van der Waals surface area contributed by atoms with Crippen molar-refractivity contribution in [1.82, 2.24) is 19.6 Å². The molecule has 0 bridgehead atoms. The van der Waals surface area contributed by atoms with Crippen LogP contribution in [0.2, 0.25) is 0 Å². The summed E-state index contributed by atoms with van der Waals surface area (Å²) in [4.78, 5) is 16.7. The molecule has 2 saturated heterocycles. The van der Waals surface area contributed by atoms with Gasteiger partial charge in [-0.2, -0.15) is 5.10 Å². The predicted octanol–water partition coefficient (Wildman–Crippen LogP) is 1.03. The molecular formula is C18H22N4O2. The fourth-order valence-corrected chi connectivity index (χ4v) is 3.63.